The van der Waals surface area contributed by atoms with Crippen LogP contribution in [-0.2, 0) is 47.7 Å². The molecule has 262 valence electrons. The molecule has 0 amide bonds. The van der Waals surface area contributed by atoms with Gasteiger partial charge in [-0.1, -0.05) is 60.3 Å². The Balaban J connectivity index is 2.34. The maximum atomic E-state index is 14.6. The molecule has 1 fully saturated rings. The summed E-state index contributed by atoms with van der Waals surface area (Å²) in [5.41, 5.74) is -2.69. The fourth-order valence-electron chi connectivity index (χ4n) is 6.47. The van der Waals surface area contributed by atoms with Gasteiger partial charge >= 0.3 is 29.8 Å². The van der Waals surface area contributed by atoms with Gasteiger partial charge in [0.25, 0.3) is 0 Å². The van der Waals surface area contributed by atoms with Crippen LogP contribution < -0.4 is 0 Å². The number of ether oxygens (including phenoxy) is 5. The molecule has 1 aromatic heterocycles. The summed E-state index contributed by atoms with van der Waals surface area (Å²) in [6.45, 7) is 18.0. The van der Waals surface area contributed by atoms with Crippen molar-refractivity contribution in [3.05, 3.63) is 54.4 Å². The predicted molar refractivity (Wildman–Crippen MR) is 172 cm³/mol. The Morgan fingerprint density at radius 2 is 1.60 bits per heavy atom. The Morgan fingerprint density at radius 1 is 0.958 bits per heavy atom. The van der Waals surface area contributed by atoms with Crippen molar-refractivity contribution in [1.82, 2.24) is 4.98 Å². The van der Waals surface area contributed by atoms with Crippen LogP contribution >= 0.6 is 0 Å². The minimum absolute atomic E-state index is 0.0233. The number of aromatic nitrogens is 1. The maximum Gasteiger partial charge on any atom is 0.340 e. The largest absolute Gasteiger partial charge is 0.462 e. The lowest BCUT2D eigenvalue weighted by atomic mass is 9.72. The van der Waals surface area contributed by atoms with Gasteiger partial charge < -0.3 is 23.7 Å². The van der Waals surface area contributed by atoms with Crippen LogP contribution in [0.2, 0.25) is 0 Å². The van der Waals surface area contributed by atoms with Crippen molar-refractivity contribution in [3.63, 3.8) is 0 Å². The molecule has 2 aliphatic carbocycles. The Bertz CT molecular complexity index is 1450. The van der Waals surface area contributed by atoms with Crippen LogP contribution in [0.4, 0.5) is 0 Å². The molecule has 0 N–H and O–H groups in total. The molecule has 0 spiro atoms. The quantitative estimate of drug-likeness (QED) is 0.223. The number of allylic oxidation sites excluding steroid dienone is 1. The van der Waals surface area contributed by atoms with Crippen LogP contribution in [0, 0.1) is 29.1 Å². The summed E-state index contributed by atoms with van der Waals surface area (Å²) < 4.78 is 29.6. The molecule has 1 heterocycles. The first-order valence-corrected chi connectivity index (χ1v) is 16.1. The molecule has 48 heavy (non-hydrogen) atoms. The monoisotopic (exact) mass is 669 g/mol. The molecule has 0 radical (unpaired) electrons. The summed E-state index contributed by atoms with van der Waals surface area (Å²) in [5.74, 6) is -7.33. The molecule has 0 aliphatic heterocycles. The Kier molecular flexibility index (Phi) is 12.1. The van der Waals surface area contributed by atoms with Gasteiger partial charge in [-0.05, 0) is 18.1 Å². The van der Waals surface area contributed by atoms with Gasteiger partial charge in [-0.25, -0.2) is 4.79 Å². The number of carbonyl (C=O) groups is 6. The second-order valence-corrected chi connectivity index (χ2v) is 13.7. The molecule has 12 nitrogen and oxygen atoms in total. The molecule has 1 saturated carbocycles. The Labute approximate surface area is 281 Å². The molecule has 8 atom stereocenters. The molecular formula is C36H47NO11. The van der Waals surface area contributed by atoms with Crippen molar-refractivity contribution in [3.8, 4) is 0 Å². The van der Waals surface area contributed by atoms with Gasteiger partial charge in [-0.15, -0.1) is 0 Å². The highest BCUT2D eigenvalue weighted by Gasteiger charge is 2.65. The van der Waals surface area contributed by atoms with E-state index >= 15 is 0 Å². The van der Waals surface area contributed by atoms with Gasteiger partial charge in [0.1, 0.15) is 24.4 Å². The van der Waals surface area contributed by atoms with E-state index in [4.69, 9.17) is 23.7 Å². The minimum Gasteiger partial charge on any atom is -0.462 e. The molecule has 0 aromatic carbocycles. The summed E-state index contributed by atoms with van der Waals surface area (Å²) in [7, 11) is 0. The van der Waals surface area contributed by atoms with Crippen molar-refractivity contribution in [2.24, 2.45) is 29.1 Å². The molecule has 3 rings (SSSR count). The number of Topliss-reactive ketones (excluding diaryl/α,β-unsaturated/α-hetero) is 1. The van der Waals surface area contributed by atoms with Crippen molar-refractivity contribution < 1.29 is 52.5 Å². The number of nitrogens with zero attached hydrogens (tertiary/aromatic N) is 1. The second kappa shape index (κ2) is 15.3. The highest BCUT2D eigenvalue weighted by Crippen LogP contribution is 2.51. The van der Waals surface area contributed by atoms with Crippen LogP contribution in [0.1, 0.15) is 85.5 Å². The Morgan fingerprint density at radius 3 is 2.15 bits per heavy atom. The normalized spacial score (nSPS) is 30.2. The lowest BCUT2D eigenvalue weighted by Gasteiger charge is -2.42. The number of pyridine rings is 1. The number of esters is 5. The van der Waals surface area contributed by atoms with E-state index in [0.29, 0.717) is 0 Å². The van der Waals surface area contributed by atoms with E-state index in [1.165, 1.54) is 19.3 Å². The number of carbonyl (C=O) groups excluding carboxylic acids is 6. The molecular weight excluding hydrogens is 622 g/mol. The zero-order valence-electron chi connectivity index (χ0n) is 29.1. The van der Waals surface area contributed by atoms with Gasteiger partial charge in [0, 0.05) is 62.9 Å². The van der Waals surface area contributed by atoms with Crippen molar-refractivity contribution in [2.45, 2.75) is 105 Å². The van der Waals surface area contributed by atoms with E-state index in [-0.39, 0.29) is 24.0 Å². The van der Waals surface area contributed by atoms with Gasteiger partial charge in [0.05, 0.1) is 17.4 Å². The van der Waals surface area contributed by atoms with Gasteiger partial charge in [-0.3, -0.25) is 29.0 Å². The SMILES string of the molecule is C=C1C(OC(=O)C(C)C)CC(OC(=O)c2cccnc2)C(C)(C)C=CC(C)C(=O)C2(OC(C)=O)CC(C)C(OC(C)=O)C2C1OC(C)=O. The van der Waals surface area contributed by atoms with Crippen molar-refractivity contribution in [2.75, 3.05) is 0 Å². The number of ketones is 1. The number of hydrogen-bond donors (Lipinski definition) is 0. The van der Waals surface area contributed by atoms with Crippen LogP contribution in [0.3, 0.4) is 0 Å². The summed E-state index contributed by atoms with van der Waals surface area (Å²) in [6.07, 6.45) is 1.27. The Hall–Kier alpha value is -4.35. The standard InChI is InChI=1S/C36H47NO11/c1-19(2)33(42)46-27-16-28(47-34(43)26-12-11-15-37-18-26)35(9,10)14-13-20(3)32(41)36(48-25(8)40)17-21(4)30(44-23(6)38)29(36)31(22(27)5)45-24(7)39/h11-15,18-21,27-31H,5,16-17H2,1-4,6-10H3. The highest BCUT2D eigenvalue weighted by molar-refractivity contribution is 5.93. The first kappa shape index (κ1) is 38.1. The lowest BCUT2D eigenvalue weighted by Crippen LogP contribution is -2.57. The van der Waals surface area contributed by atoms with Crippen molar-refractivity contribution in [1.29, 1.82) is 0 Å². The lowest BCUT2D eigenvalue weighted by molar-refractivity contribution is -0.186. The zero-order chi connectivity index (χ0) is 36.1. The fourth-order valence-corrected chi connectivity index (χ4v) is 6.47. The van der Waals surface area contributed by atoms with E-state index in [1.54, 1.807) is 65.8 Å². The number of rotatable bonds is 7. The van der Waals surface area contributed by atoms with Crippen LogP contribution in [0.15, 0.2) is 48.8 Å². The van der Waals surface area contributed by atoms with Gasteiger partial charge in [0.15, 0.2) is 11.4 Å². The minimum atomic E-state index is -1.93. The highest BCUT2D eigenvalue weighted by atomic mass is 16.6. The zero-order valence-corrected chi connectivity index (χ0v) is 29.1. The van der Waals surface area contributed by atoms with E-state index in [9.17, 15) is 28.8 Å². The summed E-state index contributed by atoms with van der Waals surface area (Å²) in [5, 5.41) is 0. The van der Waals surface area contributed by atoms with E-state index < -0.39 is 94.7 Å². The average molecular weight is 670 g/mol. The van der Waals surface area contributed by atoms with Gasteiger partial charge in [-0.2, -0.15) is 0 Å². The summed E-state index contributed by atoms with van der Waals surface area (Å²) in [4.78, 5) is 83.0. The van der Waals surface area contributed by atoms with E-state index in [1.807, 2.05) is 0 Å². The molecule has 8 unspecified atom stereocenters. The third kappa shape index (κ3) is 8.56. The topological polar surface area (TPSA) is 161 Å². The number of fused-ring (bicyclic) bond motifs is 1. The summed E-state index contributed by atoms with van der Waals surface area (Å²) >= 11 is 0. The van der Waals surface area contributed by atoms with Crippen molar-refractivity contribution >= 4 is 35.6 Å². The third-order valence-corrected chi connectivity index (χ3v) is 8.88. The molecule has 1 aromatic rings. The molecule has 2 aliphatic rings. The fraction of sp³-hybridized carbons (Fsp3) is 0.583. The predicted octanol–water partition coefficient (Wildman–Crippen LogP) is 4.74. The number of hydrogen-bond acceptors (Lipinski definition) is 12. The van der Waals surface area contributed by atoms with Crippen LogP contribution in [0.5, 0.6) is 0 Å². The average Bonchev–Trinajstić information content (AvgIpc) is 3.26. The van der Waals surface area contributed by atoms with Crippen LogP contribution in [0.25, 0.3) is 0 Å². The van der Waals surface area contributed by atoms with E-state index in [2.05, 4.69) is 11.6 Å². The molecule has 0 bridgehead atoms. The van der Waals surface area contributed by atoms with Crippen LogP contribution in [-0.4, -0.2) is 70.6 Å². The maximum absolute atomic E-state index is 14.6. The third-order valence-electron chi connectivity index (χ3n) is 8.88. The first-order chi connectivity index (χ1) is 22.3. The summed E-state index contributed by atoms with van der Waals surface area (Å²) in [6, 6.07) is 3.14. The van der Waals surface area contributed by atoms with E-state index in [0.717, 1.165) is 13.8 Å². The molecule has 12 heteroatoms. The second-order valence-electron chi connectivity index (χ2n) is 13.7. The van der Waals surface area contributed by atoms with Gasteiger partial charge in [0.2, 0.25) is 0 Å². The smallest absolute Gasteiger partial charge is 0.340 e. The first-order valence-electron chi connectivity index (χ1n) is 16.1. The molecule has 0 saturated heterocycles.